The van der Waals surface area contributed by atoms with Gasteiger partial charge in [-0.25, -0.2) is 0 Å². The highest BCUT2D eigenvalue weighted by Crippen LogP contribution is 2.42. The van der Waals surface area contributed by atoms with Crippen LogP contribution in [0.4, 0.5) is 0 Å². The summed E-state index contributed by atoms with van der Waals surface area (Å²) in [4.78, 5) is 25.7. The lowest BCUT2D eigenvalue weighted by Gasteiger charge is -2.21. The number of carbonyl (C=O) groups excluding carboxylic acids is 1. The predicted molar refractivity (Wildman–Crippen MR) is 74.9 cm³/mol. The van der Waals surface area contributed by atoms with Crippen molar-refractivity contribution in [2.24, 2.45) is 5.92 Å². The van der Waals surface area contributed by atoms with Gasteiger partial charge in [0.25, 0.3) is 5.91 Å². The van der Waals surface area contributed by atoms with E-state index in [0.29, 0.717) is 17.8 Å². The van der Waals surface area contributed by atoms with E-state index in [1.165, 1.54) is 0 Å². The quantitative estimate of drug-likeness (QED) is 0.920. The van der Waals surface area contributed by atoms with E-state index in [9.17, 15) is 14.7 Å². The fourth-order valence-electron chi connectivity index (χ4n) is 3.79. The molecule has 1 N–H and O–H groups in total. The van der Waals surface area contributed by atoms with Crippen molar-refractivity contribution >= 4 is 22.8 Å². The van der Waals surface area contributed by atoms with Gasteiger partial charge in [0.1, 0.15) is 5.58 Å². The summed E-state index contributed by atoms with van der Waals surface area (Å²) >= 11 is 0. The van der Waals surface area contributed by atoms with Gasteiger partial charge in [0.2, 0.25) is 0 Å². The van der Waals surface area contributed by atoms with E-state index in [-0.39, 0.29) is 18.0 Å². The molecule has 0 aliphatic carbocycles. The molecule has 1 amide bonds. The van der Waals surface area contributed by atoms with Crippen LogP contribution >= 0.6 is 0 Å². The Balaban J connectivity index is 1.67. The second-order valence-electron chi connectivity index (χ2n) is 5.84. The van der Waals surface area contributed by atoms with Crippen LogP contribution in [0.1, 0.15) is 29.8 Å². The van der Waals surface area contributed by atoms with E-state index in [1.54, 1.807) is 11.0 Å². The van der Waals surface area contributed by atoms with Gasteiger partial charge in [0.15, 0.2) is 5.76 Å². The number of para-hydroxylation sites is 1. The van der Waals surface area contributed by atoms with E-state index in [1.807, 2.05) is 24.3 Å². The molecule has 4 rings (SSSR count). The molecule has 2 bridgehead atoms. The van der Waals surface area contributed by atoms with Crippen molar-refractivity contribution in [1.82, 2.24) is 4.90 Å². The third-order valence-corrected chi connectivity index (χ3v) is 4.72. The van der Waals surface area contributed by atoms with Crippen LogP contribution in [0.3, 0.4) is 0 Å². The fraction of sp³-hybridized carbons (Fsp3) is 0.375. The minimum Gasteiger partial charge on any atom is -0.481 e. The van der Waals surface area contributed by atoms with E-state index < -0.39 is 11.9 Å². The summed E-state index contributed by atoms with van der Waals surface area (Å²) < 4.78 is 5.62. The largest absolute Gasteiger partial charge is 0.481 e. The molecule has 1 aromatic carbocycles. The first-order chi connectivity index (χ1) is 10.1. The average Bonchev–Trinajstić information content (AvgIpc) is 3.18. The molecule has 2 aliphatic rings. The topological polar surface area (TPSA) is 70.8 Å². The molecule has 3 unspecified atom stereocenters. The maximum atomic E-state index is 12.7. The lowest BCUT2D eigenvalue weighted by atomic mass is 9.89. The average molecular weight is 285 g/mol. The summed E-state index contributed by atoms with van der Waals surface area (Å²) in [5.74, 6) is -1.11. The van der Waals surface area contributed by atoms with Crippen LogP contribution in [0, 0.1) is 5.92 Å². The third kappa shape index (κ3) is 1.77. The number of nitrogens with zero attached hydrogens (tertiary/aromatic N) is 1. The van der Waals surface area contributed by atoms with E-state index in [0.717, 1.165) is 18.2 Å². The van der Waals surface area contributed by atoms with E-state index in [2.05, 4.69) is 0 Å². The van der Waals surface area contributed by atoms with Gasteiger partial charge in [-0.3, -0.25) is 9.59 Å². The number of amides is 1. The Kier molecular flexibility index (Phi) is 2.58. The predicted octanol–water partition coefficient (Wildman–Crippen LogP) is 2.51. The molecule has 3 atom stereocenters. The van der Waals surface area contributed by atoms with Gasteiger partial charge in [-0.15, -0.1) is 0 Å². The molecule has 3 heterocycles. The second-order valence-corrected chi connectivity index (χ2v) is 5.84. The number of furan rings is 1. The Morgan fingerprint density at radius 3 is 2.76 bits per heavy atom. The third-order valence-electron chi connectivity index (χ3n) is 4.72. The highest BCUT2D eigenvalue weighted by molar-refractivity contribution is 5.97. The summed E-state index contributed by atoms with van der Waals surface area (Å²) in [5, 5.41) is 10.1. The monoisotopic (exact) mass is 285 g/mol. The Labute approximate surface area is 121 Å². The standard InChI is InChI=1S/C16H15NO4/c18-15(14-7-9-3-1-2-4-13(9)21-14)17-10-5-6-12(17)11(8-10)16(19)20/h1-4,7,10-12H,5-6,8H2,(H,19,20). The number of carbonyl (C=O) groups is 2. The van der Waals surface area contributed by atoms with Gasteiger partial charge in [-0.2, -0.15) is 0 Å². The molecule has 5 heteroatoms. The molecule has 0 radical (unpaired) electrons. The molecule has 108 valence electrons. The summed E-state index contributed by atoms with van der Waals surface area (Å²) in [6.45, 7) is 0. The SMILES string of the molecule is O=C(O)C1CC2CCC1N2C(=O)c1cc2ccccc2o1. The summed E-state index contributed by atoms with van der Waals surface area (Å²) in [7, 11) is 0. The molecule has 2 aliphatic heterocycles. The lowest BCUT2D eigenvalue weighted by Crippen LogP contribution is -2.37. The molecule has 0 spiro atoms. The number of benzene rings is 1. The van der Waals surface area contributed by atoms with Crippen molar-refractivity contribution in [2.45, 2.75) is 31.3 Å². The van der Waals surface area contributed by atoms with Gasteiger partial charge in [0, 0.05) is 17.5 Å². The van der Waals surface area contributed by atoms with Gasteiger partial charge in [-0.05, 0) is 31.4 Å². The minimum absolute atomic E-state index is 0.0387. The van der Waals surface area contributed by atoms with Crippen LogP contribution in [0.5, 0.6) is 0 Å². The zero-order chi connectivity index (χ0) is 14.6. The van der Waals surface area contributed by atoms with Crippen LogP contribution in [0.25, 0.3) is 11.0 Å². The number of rotatable bonds is 2. The van der Waals surface area contributed by atoms with Crippen molar-refractivity contribution in [3.05, 3.63) is 36.1 Å². The highest BCUT2D eigenvalue weighted by atomic mass is 16.4. The van der Waals surface area contributed by atoms with Gasteiger partial charge >= 0.3 is 5.97 Å². The van der Waals surface area contributed by atoms with Crippen LogP contribution in [-0.4, -0.2) is 34.0 Å². The minimum atomic E-state index is -0.801. The molecular weight excluding hydrogens is 270 g/mol. The molecule has 5 nitrogen and oxygen atoms in total. The maximum Gasteiger partial charge on any atom is 0.308 e. The van der Waals surface area contributed by atoms with Crippen molar-refractivity contribution in [2.75, 3.05) is 0 Å². The lowest BCUT2D eigenvalue weighted by molar-refractivity contribution is -0.142. The number of fused-ring (bicyclic) bond motifs is 3. The number of carboxylic acids is 1. The zero-order valence-corrected chi connectivity index (χ0v) is 11.4. The van der Waals surface area contributed by atoms with Crippen LogP contribution in [0.2, 0.25) is 0 Å². The molecular formula is C16H15NO4. The van der Waals surface area contributed by atoms with E-state index >= 15 is 0 Å². The fourth-order valence-corrected chi connectivity index (χ4v) is 3.79. The van der Waals surface area contributed by atoms with Crippen molar-refractivity contribution in [3.8, 4) is 0 Å². The first kappa shape index (κ1) is 12.4. The molecule has 0 saturated carbocycles. The van der Waals surface area contributed by atoms with Gasteiger partial charge in [-0.1, -0.05) is 18.2 Å². The van der Waals surface area contributed by atoms with Crippen molar-refractivity contribution in [3.63, 3.8) is 0 Å². The first-order valence-corrected chi connectivity index (χ1v) is 7.19. The van der Waals surface area contributed by atoms with Crippen molar-refractivity contribution in [1.29, 1.82) is 0 Å². The highest BCUT2D eigenvalue weighted by Gasteiger charge is 2.51. The second kappa shape index (κ2) is 4.35. The summed E-state index contributed by atoms with van der Waals surface area (Å²) in [5.41, 5.74) is 0.683. The van der Waals surface area contributed by atoms with E-state index in [4.69, 9.17) is 4.42 Å². The summed E-state index contributed by atoms with van der Waals surface area (Å²) in [6.07, 6.45) is 2.22. The van der Waals surface area contributed by atoms with Gasteiger partial charge in [0.05, 0.1) is 5.92 Å². The van der Waals surface area contributed by atoms with Gasteiger partial charge < -0.3 is 14.4 Å². The smallest absolute Gasteiger partial charge is 0.308 e. The first-order valence-electron chi connectivity index (χ1n) is 7.19. The van der Waals surface area contributed by atoms with Crippen LogP contribution in [0.15, 0.2) is 34.7 Å². The van der Waals surface area contributed by atoms with Crippen LogP contribution in [-0.2, 0) is 4.79 Å². The zero-order valence-electron chi connectivity index (χ0n) is 11.4. The molecule has 1 aromatic heterocycles. The molecule has 2 saturated heterocycles. The molecule has 2 fully saturated rings. The van der Waals surface area contributed by atoms with Crippen molar-refractivity contribution < 1.29 is 19.1 Å². The maximum absolute atomic E-state index is 12.7. The molecule has 21 heavy (non-hydrogen) atoms. The number of aliphatic carboxylic acids is 1. The normalized spacial score (nSPS) is 27.4. The number of hydrogen-bond acceptors (Lipinski definition) is 3. The Morgan fingerprint density at radius 1 is 1.24 bits per heavy atom. The Bertz CT molecular complexity index is 702. The summed E-state index contributed by atoms with van der Waals surface area (Å²) in [6, 6.07) is 9.07. The number of hydrogen-bond donors (Lipinski definition) is 1. The molecule has 2 aromatic rings. The van der Waals surface area contributed by atoms with Crippen LogP contribution < -0.4 is 0 Å². The Morgan fingerprint density at radius 2 is 2.05 bits per heavy atom. The Hall–Kier alpha value is -2.30. The number of carboxylic acid groups (broad SMARTS) is 1.